The number of hydrogen-bond donors (Lipinski definition) is 1. The van der Waals surface area contributed by atoms with Crippen molar-refractivity contribution >= 4 is 5.97 Å². The molecule has 0 aliphatic heterocycles. The van der Waals surface area contributed by atoms with Crippen LogP contribution in [0.15, 0.2) is 42.5 Å². The molecule has 21 heavy (non-hydrogen) atoms. The minimum atomic E-state index is -4.56. The maximum atomic E-state index is 12.7. The summed E-state index contributed by atoms with van der Waals surface area (Å²) in [4.78, 5) is 11.4. The van der Waals surface area contributed by atoms with E-state index in [-0.39, 0.29) is 11.1 Å². The van der Waals surface area contributed by atoms with E-state index in [2.05, 4.69) is 4.74 Å². The third kappa shape index (κ3) is 3.34. The topological polar surface area (TPSA) is 46.5 Å². The van der Waals surface area contributed by atoms with E-state index in [1.807, 2.05) is 0 Å². The zero-order valence-electron chi connectivity index (χ0n) is 10.9. The van der Waals surface area contributed by atoms with Gasteiger partial charge in [0.2, 0.25) is 0 Å². The molecule has 3 nitrogen and oxygen atoms in total. The molecule has 110 valence electrons. The molecule has 0 amide bonds. The summed E-state index contributed by atoms with van der Waals surface area (Å²) >= 11 is 0. The average molecular weight is 296 g/mol. The van der Waals surface area contributed by atoms with Gasteiger partial charge in [0.05, 0.1) is 18.2 Å². The molecule has 2 aromatic rings. The van der Waals surface area contributed by atoms with Crippen LogP contribution in [-0.2, 0) is 10.9 Å². The largest absolute Gasteiger partial charge is 0.508 e. The molecule has 1 N–H and O–H groups in total. The fourth-order valence-electron chi connectivity index (χ4n) is 1.89. The second-order valence-electron chi connectivity index (χ2n) is 4.34. The fourth-order valence-corrected chi connectivity index (χ4v) is 1.89. The van der Waals surface area contributed by atoms with E-state index in [0.29, 0.717) is 11.6 Å². The molecule has 0 aromatic heterocycles. The van der Waals surface area contributed by atoms with Crippen LogP contribution in [-0.4, -0.2) is 18.2 Å². The van der Waals surface area contributed by atoms with Gasteiger partial charge in [0.15, 0.2) is 0 Å². The Kier molecular flexibility index (Phi) is 3.88. The molecule has 0 fully saturated rings. The smallest absolute Gasteiger partial charge is 0.416 e. The minimum Gasteiger partial charge on any atom is -0.508 e. The number of benzene rings is 2. The summed E-state index contributed by atoms with van der Waals surface area (Å²) in [5.41, 5.74) is -0.208. The Balaban J connectivity index is 2.52. The number of hydrogen-bond acceptors (Lipinski definition) is 3. The first kappa shape index (κ1) is 14.9. The highest BCUT2D eigenvalue weighted by Crippen LogP contribution is 2.35. The first-order valence-electron chi connectivity index (χ1n) is 5.91. The lowest BCUT2D eigenvalue weighted by atomic mass is 10.0. The predicted molar refractivity (Wildman–Crippen MR) is 69.9 cm³/mol. The Labute approximate surface area is 118 Å². The van der Waals surface area contributed by atoms with Crippen LogP contribution >= 0.6 is 0 Å². The number of carbonyl (C=O) groups excluding carboxylic acids is 1. The number of halogens is 3. The van der Waals surface area contributed by atoms with E-state index in [0.717, 1.165) is 6.07 Å². The minimum absolute atomic E-state index is 0.160. The molecule has 2 aromatic carbocycles. The molecule has 0 aliphatic rings. The number of phenolic OH excluding ortho intramolecular Hbond substituents is 1. The van der Waals surface area contributed by atoms with Crippen molar-refractivity contribution in [2.75, 3.05) is 7.11 Å². The average Bonchev–Trinajstić information content (AvgIpc) is 2.45. The van der Waals surface area contributed by atoms with Gasteiger partial charge in [0, 0.05) is 0 Å². The predicted octanol–water partition coefficient (Wildman–Crippen LogP) is 3.86. The lowest BCUT2D eigenvalue weighted by Gasteiger charge is -2.10. The second kappa shape index (κ2) is 5.47. The van der Waals surface area contributed by atoms with Gasteiger partial charge in [-0.05, 0) is 41.5 Å². The van der Waals surface area contributed by atoms with Crippen molar-refractivity contribution in [1.29, 1.82) is 0 Å². The van der Waals surface area contributed by atoms with Crippen LogP contribution in [0.5, 0.6) is 5.75 Å². The summed E-state index contributed by atoms with van der Waals surface area (Å²) < 4.78 is 42.8. The molecule has 0 aliphatic carbocycles. The summed E-state index contributed by atoms with van der Waals surface area (Å²) in [5.74, 6) is -1.09. The lowest BCUT2D eigenvalue weighted by Crippen LogP contribution is -2.05. The quantitative estimate of drug-likeness (QED) is 0.856. The van der Waals surface area contributed by atoms with Gasteiger partial charge >= 0.3 is 12.1 Å². The number of methoxy groups -OCH3 is 1. The summed E-state index contributed by atoms with van der Waals surface area (Å²) in [6.07, 6.45) is -4.56. The highest BCUT2D eigenvalue weighted by molar-refractivity contribution is 5.91. The van der Waals surface area contributed by atoms with Gasteiger partial charge in [-0.1, -0.05) is 12.1 Å². The molecule has 0 bridgehead atoms. The monoisotopic (exact) mass is 296 g/mol. The van der Waals surface area contributed by atoms with Crippen molar-refractivity contribution in [3.63, 3.8) is 0 Å². The van der Waals surface area contributed by atoms with Gasteiger partial charge in [-0.15, -0.1) is 0 Å². The van der Waals surface area contributed by atoms with Crippen molar-refractivity contribution in [1.82, 2.24) is 0 Å². The Morgan fingerprint density at radius 2 is 1.81 bits per heavy atom. The summed E-state index contributed by atoms with van der Waals surface area (Å²) in [7, 11) is 1.21. The van der Waals surface area contributed by atoms with Crippen LogP contribution < -0.4 is 0 Å². The molecule has 6 heteroatoms. The highest BCUT2D eigenvalue weighted by atomic mass is 19.4. The van der Waals surface area contributed by atoms with Crippen LogP contribution in [0.3, 0.4) is 0 Å². The van der Waals surface area contributed by atoms with Crippen LogP contribution in [0, 0.1) is 0 Å². The highest BCUT2D eigenvalue weighted by Gasteiger charge is 2.31. The lowest BCUT2D eigenvalue weighted by molar-refractivity contribution is -0.137. The molecule has 0 unspecified atom stereocenters. The third-order valence-corrected chi connectivity index (χ3v) is 2.86. The molecule has 0 atom stereocenters. The third-order valence-electron chi connectivity index (χ3n) is 2.86. The summed E-state index contributed by atoms with van der Waals surface area (Å²) in [6, 6.07) is 8.72. The van der Waals surface area contributed by atoms with E-state index >= 15 is 0 Å². The van der Waals surface area contributed by atoms with Gasteiger partial charge < -0.3 is 9.84 Å². The first-order chi connectivity index (χ1) is 9.81. The Morgan fingerprint density at radius 3 is 2.43 bits per heavy atom. The molecule has 0 saturated carbocycles. The Hall–Kier alpha value is -2.50. The van der Waals surface area contributed by atoms with Crippen molar-refractivity contribution in [3.8, 4) is 16.9 Å². The summed E-state index contributed by atoms with van der Waals surface area (Å²) in [6.45, 7) is 0. The zero-order chi connectivity index (χ0) is 15.6. The number of carbonyl (C=O) groups is 1. The summed E-state index contributed by atoms with van der Waals surface area (Å²) in [5, 5.41) is 9.45. The molecule has 0 spiro atoms. The Bertz CT molecular complexity index is 678. The maximum absolute atomic E-state index is 12.7. The second-order valence-corrected chi connectivity index (χ2v) is 4.34. The Morgan fingerprint density at radius 1 is 1.10 bits per heavy atom. The van der Waals surface area contributed by atoms with Crippen LogP contribution in [0.25, 0.3) is 11.1 Å². The SMILES string of the molecule is COC(=O)c1cccc(-c2cc(O)cc(C(F)(F)F)c2)c1. The number of ether oxygens (including phenoxy) is 1. The van der Waals surface area contributed by atoms with Crippen molar-refractivity contribution in [2.45, 2.75) is 6.18 Å². The number of rotatable bonds is 2. The van der Waals surface area contributed by atoms with E-state index in [4.69, 9.17) is 0 Å². The van der Waals surface area contributed by atoms with Crippen LogP contribution in [0.2, 0.25) is 0 Å². The number of aromatic hydroxyl groups is 1. The molecule has 0 radical (unpaired) electrons. The first-order valence-corrected chi connectivity index (χ1v) is 5.91. The van der Waals surface area contributed by atoms with Gasteiger partial charge in [-0.25, -0.2) is 4.79 Å². The van der Waals surface area contributed by atoms with Gasteiger partial charge in [-0.2, -0.15) is 13.2 Å². The maximum Gasteiger partial charge on any atom is 0.416 e. The van der Waals surface area contributed by atoms with Crippen molar-refractivity contribution < 1.29 is 27.8 Å². The van der Waals surface area contributed by atoms with E-state index in [1.54, 1.807) is 6.07 Å². The zero-order valence-corrected chi connectivity index (χ0v) is 10.9. The normalized spacial score (nSPS) is 11.2. The van der Waals surface area contributed by atoms with E-state index in [9.17, 15) is 23.1 Å². The van der Waals surface area contributed by atoms with Crippen molar-refractivity contribution in [3.05, 3.63) is 53.6 Å². The number of phenols is 1. The molecule has 0 heterocycles. The van der Waals surface area contributed by atoms with Gasteiger partial charge in [0.25, 0.3) is 0 Å². The molecular weight excluding hydrogens is 285 g/mol. The van der Waals surface area contributed by atoms with E-state index in [1.165, 1.54) is 31.4 Å². The van der Waals surface area contributed by atoms with Crippen LogP contribution in [0.4, 0.5) is 13.2 Å². The number of esters is 1. The molecule has 0 saturated heterocycles. The fraction of sp³-hybridized carbons (Fsp3) is 0.133. The van der Waals surface area contributed by atoms with Gasteiger partial charge in [-0.3, -0.25) is 0 Å². The van der Waals surface area contributed by atoms with E-state index < -0.39 is 23.5 Å². The van der Waals surface area contributed by atoms with Gasteiger partial charge in [0.1, 0.15) is 5.75 Å². The molecule has 2 rings (SSSR count). The molecular formula is C15H11F3O3. The van der Waals surface area contributed by atoms with Crippen molar-refractivity contribution in [2.24, 2.45) is 0 Å². The standard InChI is InChI=1S/C15H11F3O3/c1-21-14(20)10-4-2-3-9(5-10)11-6-12(15(16,17)18)8-13(19)7-11/h2-8,19H,1H3. The number of alkyl halides is 3. The van der Waals surface area contributed by atoms with Crippen LogP contribution in [0.1, 0.15) is 15.9 Å².